The van der Waals surface area contributed by atoms with Gasteiger partial charge in [0.05, 0.1) is 0 Å². The molecule has 0 aliphatic carbocycles. The molecule has 1 rings (SSSR count). The van der Waals surface area contributed by atoms with E-state index in [1.165, 1.54) is 0 Å². The summed E-state index contributed by atoms with van der Waals surface area (Å²) >= 11 is 0. The van der Waals surface area contributed by atoms with Gasteiger partial charge in [-0.2, -0.15) is 0 Å². The van der Waals surface area contributed by atoms with E-state index < -0.39 is 0 Å². The lowest BCUT2D eigenvalue weighted by molar-refractivity contribution is 0.0965. The number of aromatic nitrogens is 2. The normalized spacial score (nSPS) is 12.8. The van der Waals surface area contributed by atoms with Crippen molar-refractivity contribution >= 4 is 5.78 Å². The topological polar surface area (TPSA) is 60.9 Å². The highest BCUT2D eigenvalue weighted by Crippen LogP contribution is 2.03. The molecule has 13 heavy (non-hydrogen) atoms. The first kappa shape index (κ1) is 9.92. The lowest BCUT2D eigenvalue weighted by atomic mass is 10.1. The summed E-state index contributed by atoms with van der Waals surface area (Å²) in [4.78, 5) is 15.5. The van der Waals surface area contributed by atoms with Crippen LogP contribution >= 0.6 is 0 Å². The first-order chi connectivity index (χ1) is 6.11. The molecule has 0 radical (unpaired) electrons. The molecule has 1 heterocycles. The molecule has 0 aliphatic rings. The predicted molar refractivity (Wildman–Crippen MR) is 50.4 cm³/mol. The number of hydrogen-bond acceptors (Lipinski definition) is 3. The second-order valence-corrected chi connectivity index (χ2v) is 3.30. The van der Waals surface area contributed by atoms with Gasteiger partial charge in [-0.1, -0.05) is 0 Å². The van der Waals surface area contributed by atoms with E-state index in [9.17, 15) is 4.79 Å². The van der Waals surface area contributed by atoms with E-state index in [1.54, 1.807) is 17.0 Å². The van der Waals surface area contributed by atoms with Crippen molar-refractivity contribution in [3.63, 3.8) is 0 Å². The Labute approximate surface area is 77.8 Å². The monoisotopic (exact) mass is 181 g/mol. The number of aryl methyl sites for hydroxylation is 1. The molecule has 1 aromatic heterocycles. The SMILES string of the molecule is CC(N)CCC(=O)c1nccn1C. The van der Waals surface area contributed by atoms with Crippen molar-refractivity contribution in [1.82, 2.24) is 9.55 Å². The molecule has 1 aromatic rings. The number of imidazole rings is 1. The maximum absolute atomic E-state index is 11.5. The van der Waals surface area contributed by atoms with Crippen LogP contribution in [0.5, 0.6) is 0 Å². The Morgan fingerprint density at radius 2 is 2.46 bits per heavy atom. The Kier molecular flexibility index (Phi) is 3.19. The van der Waals surface area contributed by atoms with E-state index in [-0.39, 0.29) is 11.8 Å². The highest BCUT2D eigenvalue weighted by atomic mass is 16.1. The summed E-state index contributed by atoms with van der Waals surface area (Å²) in [7, 11) is 1.81. The van der Waals surface area contributed by atoms with Crippen LogP contribution in [0.1, 0.15) is 30.4 Å². The van der Waals surface area contributed by atoms with E-state index in [4.69, 9.17) is 5.73 Å². The molecule has 72 valence electrons. The van der Waals surface area contributed by atoms with E-state index in [0.29, 0.717) is 18.7 Å². The zero-order chi connectivity index (χ0) is 9.84. The van der Waals surface area contributed by atoms with Crippen LogP contribution in [0.2, 0.25) is 0 Å². The van der Waals surface area contributed by atoms with Gasteiger partial charge < -0.3 is 10.3 Å². The second-order valence-electron chi connectivity index (χ2n) is 3.30. The number of carbonyl (C=O) groups is 1. The molecule has 0 aliphatic heterocycles. The molecular weight excluding hydrogens is 166 g/mol. The van der Waals surface area contributed by atoms with Crippen molar-refractivity contribution in [3.8, 4) is 0 Å². The molecule has 4 heteroatoms. The molecule has 0 aromatic carbocycles. The number of rotatable bonds is 4. The van der Waals surface area contributed by atoms with Gasteiger partial charge in [-0.05, 0) is 13.3 Å². The van der Waals surface area contributed by atoms with Crippen molar-refractivity contribution in [2.45, 2.75) is 25.8 Å². The van der Waals surface area contributed by atoms with E-state index in [2.05, 4.69) is 4.98 Å². The minimum Gasteiger partial charge on any atom is -0.332 e. The average Bonchev–Trinajstić information content (AvgIpc) is 2.47. The van der Waals surface area contributed by atoms with Gasteiger partial charge in [0.15, 0.2) is 11.6 Å². The fourth-order valence-electron chi connectivity index (χ4n) is 1.10. The summed E-state index contributed by atoms with van der Waals surface area (Å²) in [5.41, 5.74) is 5.55. The van der Waals surface area contributed by atoms with Gasteiger partial charge in [-0.3, -0.25) is 4.79 Å². The summed E-state index contributed by atoms with van der Waals surface area (Å²) < 4.78 is 1.73. The lowest BCUT2D eigenvalue weighted by Gasteiger charge is -2.03. The third kappa shape index (κ3) is 2.66. The smallest absolute Gasteiger partial charge is 0.198 e. The maximum atomic E-state index is 11.5. The molecule has 1 unspecified atom stereocenters. The Hall–Kier alpha value is -1.16. The number of hydrogen-bond donors (Lipinski definition) is 1. The van der Waals surface area contributed by atoms with Crippen LogP contribution in [-0.4, -0.2) is 21.4 Å². The van der Waals surface area contributed by atoms with E-state index in [1.807, 2.05) is 14.0 Å². The van der Waals surface area contributed by atoms with Gasteiger partial charge in [0.25, 0.3) is 0 Å². The summed E-state index contributed by atoms with van der Waals surface area (Å²) in [6.07, 6.45) is 4.58. The molecule has 0 saturated carbocycles. The molecule has 0 bridgehead atoms. The van der Waals surface area contributed by atoms with Crippen molar-refractivity contribution in [1.29, 1.82) is 0 Å². The largest absolute Gasteiger partial charge is 0.332 e. The first-order valence-electron chi connectivity index (χ1n) is 4.37. The molecule has 4 nitrogen and oxygen atoms in total. The Bertz CT molecular complexity index is 291. The van der Waals surface area contributed by atoms with Gasteiger partial charge in [0.1, 0.15) is 0 Å². The zero-order valence-electron chi connectivity index (χ0n) is 8.03. The van der Waals surface area contributed by atoms with Crippen LogP contribution < -0.4 is 5.73 Å². The van der Waals surface area contributed by atoms with Crippen molar-refractivity contribution in [2.24, 2.45) is 12.8 Å². The van der Waals surface area contributed by atoms with E-state index in [0.717, 1.165) is 0 Å². The molecule has 0 spiro atoms. The third-order valence-corrected chi connectivity index (χ3v) is 1.90. The summed E-state index contributed by atoms with van der Waals surface area (Å²) in [6, 6.07) is 0.0734. The number of nitrogens with two attached hydrogens (primary N) is 1. The summed E-state index contributed by atoms with van der Waals surface area (Å²) in [5.74, 6) is 0.574. The molecular formula is C9H15N3O. The second kappa shape index (κ2) is 4.18. The molecule has 0 amide bonds. The molecule has 2 N–H and O–H groups in total. The average molecular weight is 181 g/mol. The van der Waals surface area contributed by atoms with Gasteiger partial charge in [0.2, 0.25) is 0 Å². The van der Waals surface area contributed by atoms with Crippen LogP contribution in [0.15, 0.2) is 12.4 Å². The number of Topliss-reactive ketones (excluding diaryl/α,β-unsaturated/α-hetero) is 1. The fraction of sp³-hybridized carbons (Fsp3) is 0.556. The number of ketones is 1. The highest BCUT2D eigenvalue weighted by molar-refractivity contribution is 5.92. The van der Waals surface area contributed by atoms with E-state index >= 15 is 0 Å². The summed E-state index contributed by atoms with van der Waals surface area (Å²) in [5, 5.41) is 0. The lowest BCUT2D eigenvalue weighted by Crippen LogP contribution is -2.17. The van der Waals surface area contributed by atoms with Crippen LogP contribution in [0.25, 0.3) is 0 Å². The van der Waals surface area contributed by atoms with Gasteiger partial charge >= 0.3 is 0 Å². The minimum atomic E-state index is 0.0600. The molecule has 1 atom stereocenters. The van der Waals surface area contributed by atoms with Gasteiger partial charge in [0, 0.05) is 31.9 Å². The fourth-order valence-corrected chi connectivity index (χ4v) is 1.10. The number of nitrogens with zero attached hydrogens (tertiary/aromatic N) is 2. The Morgan fingerprint density at radius 3 is 2.92 bits per heavy atom. The highest BCUT2D eigenvalue weighted by Gasteiger charge is 2.10. The van der Waals surface area contributed by atoms with Crippen molar-refractivity contribution < 1.29 is 4.79 Å². The maximum Gasteiger partial charge on any atom is 0.198 e. The van der Waals surface area contributed by atoms with Gasteiger partial charge in [-0.25, -0.2) is 4.98 Å². The van der Waals surface area contributed by atoms with Crippen molar-refractivity contribution in [2.75, 3.05) is 0 Å². The standard InChI is InChI=1S/C9H15N3O/c1-7(10)3-4-8(13)9-11-5-6-12(9)2/h5-7H,3-4,10H2,1-2H3. The summed E-state index contributed by atoms with van der Waals surface area (Å²) in [6.45, 7) is 1.89. The molecule has 0 saturated heterocycles. The quantitative estimate of drug-likeness (QED) is 0.696. The molecule has 0 fully saturated rings. The zero-order valence-corrected chi connectivity index (χ0v) is 8.03. The van der Waals surface area contributed by atoms with Crippen LogP contribution in [0.4, 0.5) is 0 Å². The Morgan fingerprint density at radius 1 is 1.77 bits per heavy atom. The van der Waals surface area contributed by atoms with Crippen LogP contribution in [0, 0.1) is 0 Å². The third-order valence-electron chi connectivity index (χ3n) is 1.90. The van der Waals surface area contributed by atoms with Crippen LogP contribution in [-0.2, 0) is 7.05 Å². The van der Waals surface area contributed by atoms with Gasteiger partial charge in [-0.15, -0.1) is 0 Å². The minimum absolute atomic E-state index is 0.0600. The number of carbonyl (C=O) groups excluding carboxylic acids is 1. The van der Waals surface area contributed by atoms with Crippen LogP contribution in [0.3, 0.4) is 0 Å². The Balaban J connectivity index is 2.54. The predicted octanol–water partition coefficient (Wildman–Crippen LogP) is 0.730. The first-order valence-corrected chi connectivity index (χ1v) is 4.37. The van der Waals surface area contributed by atoms with Crippen molar-refractivity contribution in [3.05, 3.63) is 18.2 Å².